The Morgan fingerprint density at radius 3 is 2.42 bits per heavy atom. The maximum absolute atomic E-state index is 14.2. The van der Waals surface area contributed by atoms with Crippen LogP contribution in [0.25, 0.3) is 16.6 Å². The molecule has 2 aromatic heterocycles. The lowest BCUT2D eigenvalue weighted by molar-refractivity contribution is -0.136. The Labute approximate surface area is 493 Å². The molecule has 0 spiro atoms. The van der Waals surface area contributed by atoms with Gasteiger partial charge in [0, 0.05) is 92.3 Å². The van der Waals surface area contributed by atoms with Gasteiger partial charge in [-0.1, -0.05) is 49.2 Å². The number of carbonyl (C=O) groups is 5. The van der Waals surface area contributed by atoms with Crippen molar-refractivity contribution < 1.29 is 42.3 Å². The predicted octanol–water partition coefficient (Wildman–Crippen LogP) is 9.18. The summed E-state index contributed by atoms with van der Waals surface area (Å²) >= 11 is 6.27. The Morgan fingerprint density at radius 2 is 1.64 bits per heavy atom. The quantitative estimate of drug-likeness (QED) is 0.0201. The van der Waals surface area contributed by atoms with Crippen LogP contribution >= 0.6 is 11.6 Å². The third kappa shape index (κ3) is 12.9. The van der Waals surface area contributed by atoms with E-state index in [0.717, 1.165) is 112 Å². The average Bonchev–Trinajstić information content (AvgIpc) is 4.19. The highest BCUT2D eigenvalue weighted by molar-refractivity contribution is 7.90. The zero-order valence-corrected chi connectivity index (χ0v) is 48.6. The van der Waals surface area contributed by atoms with E-state index < -0.39 is 45.6 Å². The van der Waals surface area contributed by atoms with Gasteiger partial charge in [0.05, 0.1) is 39.2 Å². The Balaban J connectivity index is 0.673. The van der Waals surface area contributed by atoms with Crippen LogP contribution in [0.5, 0.6) is 11.5 Å². The molecule has 5 aliphatic rings. The summed E-state index contributed by atoms with van der Waals surface area (Å²) in [5.41, 5.74) is 9.55. The van der Waals surface area contributed by atoms with Gasteiger partial charge in [0.2, 0.25) is 11.8 Å². The van der Waals surface area contributed by atoms with Crippen molar-refractivity contribution in [2.75, 3.05) is 73.4 Å². The lowest BCUT2D eigenvalue weighted by atomic mass is 9.72. The molecule has 6 aromatic rings. The third-order valence-corrected chi connectivity index (χ3v) is 18.6. The molecule has 22 heteroatoms. The molecule has 20 nitrogen and oxygen atoms in total. The van der Waals surface area contributed by atoms with Gasteiger partial charge in [-0.15, -0.1) is 0 Å². The molecule has 0 bridgehead atoms. The van der Waals surface area contributed by atoms with Gasteiger partial charge in [-0.3, -0.25) is 49.8 Å². The van der Waals surface area contributed by atoms with Gasteiger partial charge in [0.25, 0.3) is 27.7 Å². The number of amides is 5. The van der Waals surface area contributed by atoms with Crippen molar-refractivity contribution in [1.29, 1.82) is 0 Å². The molecular weight excluding hydrogens is 1110 g/mol. The van der Waals surface area contributed by atoms with Crippen LogP contribution in [-0.2, 0) is 19.6 Å². The van der Waals surface area contributed by atoms with Crippen LogP contribution in [0.1, 0.15) is 115 Å². The van der Waals surface area contributed by atoms with E-state index in [4.69, 9.17) is 16.3 Å². The van der Waals surface area contributed by atoms with Crippen LogP contribution < -0.4 is 41.1 Å². The van der Waals surface area contributed by atoms with Crippen LogP contribution in [0.15, 0.2) is 114 Å². The fourth-order valence-corrected chi connectivity index (χ4v) is 13.4. The first-order valence-corrected chi connectivity index (χ1v) is 30.7. The summed E-state index contributed by atoms with van der Waals surface area (Å²) in [7, 11) is -4.47. The normalized spacial score (nSPS) is 20.2. The van der Waals surface area contributed by atoms with Gasteiger partial charge in [0.15, 0.2) is 0 Å². The number of rotatable bonds is 20. The fraction of sp³-hybridized carbons (Fsp3) is 0.387. The number of piperidine rings is 1. The van der Waals surface area contributed by atoms with E-state index in [2.05, 4.69) is 77.2 Å². The largest absolute Gasteiger partial charge is 0.455 e. The first kappa shape index (κ1) is 58.0. The number of nitrogens with zero attached hydrogens (tertiary/aromatic N) is 4. The number of ether oxygens (including phenoxy) is 1. The highest BCUT2D eigenvalue weighted by atomic mass is 35.5. The molecule has 1 unspecified atom stereocenters. The van der Waals surface area contributed by atoms with Crippen molar-refractivity contribution in [3.63, 3.8) is 0 Å². The Morgan fingerprint density at radius 1 is 0.845 bits per heavy atom. The van der Waals surface area contributed by atoms with Crippen LogP contribution in [0, 0.1) is 11.3 Å². The van der Waals surface area contributed by atoms with Gasteiger partial charge in [0.1, 0.15) is 23.2 Å². The second-order valence-electron chi connectivity index (χ2n) is 23.3. The molecule has 11 rings (SSSR count). The number of aromatic nitrogens is 2. The maximum Gasteiger partial charge on any atom is 0.268 e. The molecule has 3 aliphatic heterocycles. The number of hydrogen-bond donors (Lipinski definition) is 8. The number of piperazine rings is 1. The number of imide groups is 2. The number of fused-ring (bicyclic) bond motifs is 2. The first-order valence-electron chi connectivity index (χ1n) is 28.9. The van der Waals surface area contributed by atoms with Crippen molar-refractivity contribution in [2.24, 2.45) is 11.3 Å². The van der Waals surface area contributed by atoms with Crippen LogP contribution in [-0.4, -0.2) is 127 Å². The smallest absolute Gasteiger partial charge is 0.268 e. The monoisotopic (exact) mass is 1180 g/mol. The molecular formula is C62H70ClN11O9S. The standard InChI is InChI=1S/C62H70ClN11O9S/c1-62(2)23-21-41(49(34-62)39-9-11-42(63)12-10-39)37-72-27-29-73(30-28-72)44-15-17-47(54(32-44)83-45-31-40-22-26-66-57(40)68-36-45)58(76)71-84(81,82)46-16-18-50(52(33-46)70-80)67-35-38-7-13-43(14-8-38)64-24-4-25-65-51-6-3-5-48-56(51)61(79)74(60(48)78)53-19-20-55(75)69-59(53)77/h3,5-6,9-12,15-18,22,26,31-33,36,38,43,53,64-65,67,70,80H,4,7-8,13-14,19-21,23-25,27-30,34-35,37H2,1-2H3,(H,66,68)(H,71,76)(H,69,75,77). The van der Waals surface area contributed by atoms with Crippen molar-refractivity contribution in [2.45, 2.75) is 95.0 Å². The number of allylic oxidation sites excluding steroid dienone is 1. The molecule has 8 N–H and O–H groups in total. The number of H-pyrrole nitrogens is 1. The van der Waals surface area contributed by atoms with Gasteiger partial charge in [-0.25, -0.2) is 18.1 Å². The SMILES string of the molecule is CC1(C)CCC(CN2CCN(c3ccc(C(=O)NS(=O)(=O)c4ccc(NCC5CCC(NCCCNc6cccc7c6C(=O)N(C6CCC(=O)NC6=O)C7=O)CC5)c(NO)c4)c(Oc4cnc5[nH]ccc5c4)c3)CC2)=C(c2ccc(Cl)cc2)C1. The van der Waals surface area contributed by atoms with Crippen molar-refractivity contribution >= 4 is 90.5 Å². The van der Waals surface area contributed by atoms with E-state index in [1.165, 1.54) is 28.8 Å². The number of sulfonamides is 1. The first-order chi connectivity index (χ1) is 40.5. The van der Waals surface area contributed by atoms with Gasteiger partial charge >= 0.3 is 0 Å². The lowest BCUT2D eigenvalue weighted by Gasteiger charge is -2.39. The maximum atomic E-state index is 14.2. The molecule has 3 fully saturated rings. The highest BCUT2D eigenvalue weighted by Gasteiger charge is 2.46. The minimum atomic E-state index is -4.47. The molecule has 2 saturated heterocycles. The molecule has 2 aliphatic carbocycles. The number of hydrogen-bond acceptors (Lipinski definition) is 16. The van der Waals surface area contributed by atoms with Crippen LogP contribution in [0.2, 0.25) is 5.02 Å². The Bertz CT molecular complexity index is 3650. The van der Waals surface area contributed by atoms with E-state index >= 15 is 0 Å². The van der Waals surface area contributed by atoms with E-state index in [1.807, 2.05) is 24.3 Å². The lowest BCUT2D eigenvalue weighted by Crippen LogP contribution is -2.54. The average molecular weight is 1180 g/mol. The van der Waals surface area contributed by atoms with Crippen LogP contribution in [0.4, 0.5) is 22.7 Å². The Kier molecular flexibility index (Phi) is 17.1. The van der Waals surface area contributed by atoms with E-state index in [0.29, 0.717) is 47.8 Å². The van der Waals surface area contributed by atoms with E-state index in [9.17, 15) is 37.6 Å². The third-order valence-electron chi connectivity index (χ3n) is 17.0. The van der Waals surface area contributed by atoms with Gasteiger partial charge < -0.3 is 30.6 Å². The number of anilines is 4. The zero-order chi connectivity index (χ0) is 58.7. The summed E-state index contributed by atoms with van der Waals surface area (Å²) in [6, 6.07) is 25.5. The molecule has 0 radical (unpaired) electrons. The second-order valence-corrected chi connectivity index (χ2v) is 25.4. The zero-order valence-electron chi connectivity index (χ0n) is 47.1. The molecule has 5 heterocycles. The summed E-state index contributed by atoms with van der Waals surface area (Å²) < 4.78 is 36.6. The molecule has 1 atom stereocenters. The van der Waals surface area contributed by atoms with Crippen molar-refractivity contribution in [1.82, 2.24) is 35.1 Å². The topological polar surface area (TPSA) is 260 Å². The minimum absolute atomic E-state index is 0.00441. The summed E-state index contributed by atoms with van der Waals surface area (Å²) in [6.07, 6.45) is 11.1. The number of nitrogens with one attached hydrogen (secondary N) is 7. The highest BCUT2D eigenvalue weighted by Crippen LogP contribution is 2.44. The molecule has 4 aromatic carbocycles. The molecule has 84 heavy (non-hydrogen) atoms. The number of carbonyl (C=O) groups excluding carboxylic acids is 5. The summed E-state index contributed by atoms with van der Waals surface area (Å²) in [5, 5.41) is 24.3. The molecule has 440 valence electrons. The van der Waals surface area contributed by atoms with Gasteiger partial charge in [-0.2, -0.15) is 0 Å². The summed E-state index contributed by atoms with van der Waals surface area (Å²) in [6.45, 7) is 10.5. The summed E-state index contributed by atoms with van der Waals surface area (Å²) in [4.78, 5) is 78.1. The molecule has 1 saturated carbocycles. The van der Waals surface area contributed by atoms with Gasteiger partial charge in [-0.05, 0) is 154 Å². The number of benzene rings is 4. The number of halogens is 1. The predicted molar refractivity (Wildman–Crippen MR) is 322 cm³/mol. The van der Waals surface area contributed by atoms with Crippen LogP contribution in [0.3, 0.4) is 0 Å². The minimum Gasteiger partial charge on any atom is -0.455 e. The second kappa shape index (κ2) is 24.8. The fourth-order valence-electron chi connectivity index (χ4n) is 12.3. The molecule has 5 amide bonds. The van der Waals surface area contributed by atoms with Crippen molar-refractivity contribution in [3.8, 4) is 11.5 Å². The Hall–Kier alpha value is -7.82. The van der Waals surface area contributed by atoms with E-state index in [-0.39, 0.29) is 51.3 Å². The number of aromatic amines is 1. The number of pyridine rings is 1. The van der Waals surface area contributed by atoms with Crippen molar-refractivity contribution in [3.05, 3.63) is 136 Å². The van der Waals surface area contributed by atoms with E-state index in [1.54, 1.807) is 54.9 Å². The summed E-state index contributed by atoms with van der Waals surface area (Å²) in [5.74, 6) is -2.22.